The molecule has 0 N–H and O–H groups in total. The molecule has 30 heavy (non-hydrogen) atoms. The monoisotopic (exact) mass is 433 g/mol. The van der Waals surface area contributed by atoms with Crippen molar-refractivity contribution in [2.24, 2.45) is 0 Å². The number of nitrogens with zero attached hydrogens (tertiary/aromatic N) is 3. The number of thiophene rings is 1. The van der Waals surface area contributed by atoms with Crippen LogP contribution in [-0.2, 0) is 0 Å². The van der Waals surface area contributed by atoms with Crippen molar-refractivity contribution in [2.75, 3.05) is 31.1 Å². The highest BCUT2D eigenvalue weighted by molar-refractivity contribution is 7.13. The molecule has 4 aromatic rings. The summed E-state index contributed by atoms with van der Waals surface area (Å²) < 4.78 is 0. The van der Waals surface area contributed by atoms with E-state index in [1.54, 1.807) is 11.3 Å². The number of carbonyl (C=O) groups excluding carboxylic acids is 1. The molecule has 0 spiro atoms. The summed E-state index contributed by atoms with van der Waals surface area (Å²) in [6.45, 7) is 2.92. The topological polar surface area (TPSA) is 36.4 Å². The van der Waals surface area contributed by atoms with E-state index in [0.29, 0.717) is 13.1 Å². The Morgan fingerprint density at radius 1 is 0.933 bits per heavy atom. The Balaban J connectivity index is 1.42. The van der Waals surface area contributed by atoms with E-state index >= 15 is 0 Å². The van der Waals surface area contributed by atoms with Crippen LogP contribution in [0.25, 0.3) is 21.5 Å². The molecule has 0 radical (unpaired) electrons. The minimum absolute atomic E-state index is 0.0668. The summed E-state index contributed by atoms with van der Waals surface area (Å²) >= 11 is 7.77. The van der Waals surface area contributed by atoms with Crippen LogP contribution in [0.3, 0.4) is 0 Å². The van der Waals surface area contributed by atoms with Crippen LogP contribution in [0.2, 0.25) is 5.02 Å². The standard InChI is InChI=1S/C24H20ClN3OS/c25-17-5-3-6-18(15-17)27-10-12-28(13-11-27)24(29)20-16-22(23-9-4-14-30-23)26-21-8-2-1-7-19(20)21/h1-9,14-16H,10-13H2. The summed E-state index contributed by atoms with van der Waals surface area (Å²) in [6, 6.07) is 21.8. The van der Waals surface area contributed by atoms with E-state index in [4.69, 9.17) is 16.6 Å². The van der Waals surface area contributed by atoms with Crippen LogP contribution >= 0.6 is 22.9 Å². The van der Waals surface area contributed by atoms with Crippen molar-refractivity contribution in [3.05, 3.63) is 82.7 Å². The average Bonchev–Trinajstić information content (AvgIpc) is 3.33. The maximum atomic E-state index is 13.5. The zero-order valence-electron chi connectivity index (χ0n) is 16.3. The van der Waals surface area contributed by atoms with Crippen LogP contribution < -0.4 is 4.90 Å². The number of halogens is 1. The molecule has 0 unspecified atom stereocenters. The first-order valence-electron chi connectivity index (χ1n) is 9.92. The molecule has 0 aliphatic carbocycles. The first-order chi connectivity index (χ1) is 14.7. The third-order valence-corrected chi connectivity index (χ3v) is 6.59. The Kier molecular flexibility index (Phi) is 5.15. The molecule has 0 bridgehead atoms. The van der Waals surface area contributed by atoms with Crippen LogP contribution in [0, 0.1) is 0 Å². The van der Waals surface area contributed by atoms with E-state index in [0.717, 1.165) is 50.8 Å². The summed E-state index contributed by atoms with van der Waals surface area (Å²) in [7, 11) is 0. The smallest absolute Gasteiger partial charge is 0.254 e. The second-order valence-electron chi connectivity index (χ2n) is 7.31. The second-order valence-corrected chi connectivity index (χ2v) is 8.69. The first kappa shape index (κ1) is 19.1. The Bertz CT molecular complexity index is 1200. The SMILES string of the molecule is O=C(c1cc(-c2cccs2)nc2ccccc12)N1CCN(c2cccc(Cl)c2)CC1. The molecule has 2 aromatic heterocycles. The highest BCUT2D eigenvalue weighted by Crippen LogP contribution is 2.29. The van der Waals surface area contributed by atoms with E-state index in [2.05, 4.69) is 11.0 Å². The van der Waals surface area contributed by atoms with Crippen LogP contribution in [0.5, 0.6) is 0 Å². The van der Waals surface area contributed by atoms with E-state index < -0.39 is 0 Å². The minimum Gasteiger partial charge on any atom is -0.368 e. The van der Waals surface area contributed by atoms with E-state index in [1.807, 2.05) is 70.9 Å². The number of carbonyl (C=O) groups is 1. The lowest BCUT2D eigenvalue weighted by Crippen LogP contribution is -2.48. The molecule has 1 aliphatic rings. The third-order valence-electron chi connectivity index (χ3n) is 5.46. The van der Waals surface area contributed by atoms with Gasteiger partial charge in [0.1, 0.15) is 0 Å². The molecule has 1 amide bonds. The Hall–Kier alpha value is -2.89. The number of pyridine rings is 1. The van der Waals surface area contributed by atoms with E-state index in [1.165, 1.54) is 0 Å². The van der Waals surface area contributed by atoms with E-state index in [9.17, 15) is 4.79 Å². The Morgan fingerprint density at radius 2 is 1.77 bits per heavy atom. The number of benzene rings is 2. The molecule has 6 heteroatoms. The number of para-hydroxylation sites is 1. The first-order valence-corrected chi connectivity index (χ1v) is 11.2. The summed E-state index contributed by atoms with van der Waals surface area (Å²) in [5.74, 6) is 0.0668. The zero-order chi connectivity index (χ0) is 20.5. The van der Waals surface area contributed by atoms with Crippen molar-refractivity contribution in [1.82, 2.24) is 9.88 Å². The highest BCUT2D eigenvalue weighted by atomic mass is 35.5. The molecule has 0 saturated carbocycles. The van der Waals surface area contributed by atoms with Gasteiger partial charge in [0.25, 0.3) is 5.91 Å². The molecule has 3 heterocycles. The lowest BCUT2D eigenvalue weighted by molar-refractivity contribution is 0.0748. The number of hydrogen-bond donors (Lipinski definition) is 0. The van der Waals surface area contributed by atoms with Gasteiger partial charge in [-0.05, 0) is 41.8 Å². The Morgan fingerprint density at radius 3 is 2.53 bits per heavy atom. The van der Waals surface area contributed by atoms with Crippen LogP contribution in [0.4, 0.5) is 5.69 Å². The van der Waals surface area contributed by atoms with Crippen molar-refractivity contribution in [3.63, 3.8) is 0 Å². The van der Waals surface area contributed by atoms with E-state index in [-0.39, 0.29) is 5.91 Å². The number of piperazine rings is 1. The quantitative estimate of drug-likeness (QED) is 0.423. The Labute approximate surface area is 184 Å². The van der Waals surface area contributed by atoms with Crippen LogP contribution in [0.1, 0.15) is 10.4 Å². The van der Waals surface area contributed by atoms with Gasteiger partial charge in [0.2, 0.25) is 0 Å². The molecule has 5 rings (SSSR count). The van der Waals surface area contributed by atoms with Gasteiger partial charge in [-0.2, -0.15) is 0 Å². The number of anilines is 1. The van der Waals surface area contributed by atoms with Crippen molar-refractivity contribution < 1.29 is 4.79 Å². The molecule has 150 valence electrons. The highest BCUT2D eigenvalue weighted by Gasteiger charge is 2.24. The molecule has 0 atom stereocenters. The van der Waals surface area contributed by atoms with Gasteiger partial charge in [0.15, 0.2) is 0 Å². The van der Waals surface area contributed by atoms with Crippen molar-refractivity contribution in [1.29, 1.82) is 0 Å². The number of aromatic nitrogens is 1. The molecule has 4 nitrogen and oxygen atoms in total. The van der Waals surface area contributed by atoms with Crippen LogP contribution in [-0.4, -0.2) is 42.0 Å². The van der Waals surface area contributed by atoms with Gasteiger partial charge in [0.05, 0.1) is 21.7 Å². The largest absolute Gasteiger partial charge is 0.368 e. The van der Waals surface area contributed by atoms with Gasteiger partial charge < -0.3 is 9.80 Å². The van der Waals surface area contributed by atoms with Gasteiger partial charge >= 0.3 is 0 Å². The third kappa shape index (κ3) is 3.66. The normalized spacial score (nSPS) is 14.3. The predicted octanol–water partition coefficient (Wildman–Crippen LogP) is 5.58. The fraction of sp³-hybridized carbons (Fsp3) is 0.167. The molecule has 1 aliphatic heterocycles. The fourth-order valence-corrected chi connectivity index (χ4v) is 4.78. The van der Waals surface area contributed by atoms with Gasteiger partial charge in [-0.15, -0.1) is 11.3 Å². The van der Waals surface area contributed by atoms with Gasteiger partial charge in [-0.1, -0.05) is 41.9 Å². The van der Waals surface area contributed by atoms with Gasteiger partial charge in [-0.3, -0.25) is 4.79 Å². The molecular weight excluding hydrogens is 414 g/mol. The summed E-state index contributed by atoms with van der Waals surface area (Å²) in [5.41, 5.74) is 3.53. The predicted molar refractivity (Wildman–Crippen MR) is 125 cm³/mol. The number of amides is 1. The van der Waals surface area contributed by atoms with Crippen molar-refractivity contribution in [2.45, 2.75) is 0 Å². The maximum Gasteiger partial charge on any atom is 0.254 e. The minimum atomic E-state index is 0.0668. The molecule has 1 saturated heterocycles. The fourth-order valence-electron chi connectivity index (χ4n) is 3.91. The summed E-state index contributed by atoms with van der Waals surface area (Å²) in [4.78, 5) is 23.6. The number of rotatable bonds is 3. The molecule has 1 fully saturated rings. The van der Waals surface area contributed by atoms with Crippen molar-refractivity contribution in [3.8, 4) is 10.6 Å². The lowest BCUT2D eigenvalue weighted by Gasteiger charge is -2.36. The summed E-state index contributed by atoms with van der Waals surface area (Å²) in [5, 5.41) is 3.67. The number of hydrogen-bond acceptors (Lipinski definition) is 4. The zero-order valence-corrected chi connectivity index (χ0v) is 17.9. The van der Waals surface area contributed by atoms with Gasteiger partial charge in [-0.25, -0.2) is 4.98 Å². The maximum absolute atomic E-state index is 13.5. The van der Waals surface area contributed by atoms with Gasteiger partial charge in [0, 0.05) is 42.3 Å². The van der Waals surface area contributed by atoms with Crippen LogP contribution in [0.15, 0.2) is 72.1 Å². The average molecular weight is 434 g/mol. The number of fused-ring (bicyclic) bond motifs is 1. The summed E-state index contributed by atoms with van der Waals surface area (Å²) in [6.07, 6.45) is 0. The second kappa shape index (κ2) is 8.09. The lowest BCUT2D eigenvalue weighted by atomic mass is 10.1. The molecular formula is C24H20ClN3OS. The molecule has 2 aromatic carbocycles. The van der Waals surface area contributed by atoms with Crippen molar-refractivity contribution >= 4 is 45.4 Å².